The van der Waals surface area contributed by atoms with E-state index in [1.165, 1.54) is 0 Å². The van der Waals surface area contributed by atoms with Gasteiger partial charge in [0.2, 0.25) is 5.91 Å². The van der Waals surface area contributed by atoms with Crippen molar-refractivity contribution in [3.63, 3.8) is 0 Å². The van der Waals surface area contributed by atoms with E-state index < -0.39 is 0 Å². The largest absolute Gasteiger partial charge is 0.293 e. The van der Waals surface area contributed by atoms with Crippen molar-refractivity contribution in [3.8, 4) is 6.07 Å². The molecule has 0 saturated heterocycles. The van der Waals surface area contributed by atoms with Gasteiger partial charge in [-0.1, -0.05) is 6.92 Å². The molecule has 13 heavy (non-hydrogen) atoms. The number of nitrogens with one attached hydrogen (secondary N) is 1. The lowest BCUT2D eigenvalue weighted by atomic mass is 10.2. The minimum absolute atomic E-state index is 0.0643. The highest BCUT2D eigenvalue weighted by Gasteiger charge is 2.10. The summed E-state index contributed by atoms with van der Waals surface area (Å²) in [6.45, 7) is 5.34. The quantitative estimate of drug-likeness (QED) is 0.341. The monoisotopic (exact) mass is 184 g/mol. The average molecular weight is 184 g/mol. The topological polar surface area (TPSA) is 82.2 Å². The molecule has 0 rings (SSSR count). The molecule has 1 atom stereocenters. The van der Waals surface area contributed by atoms with Crippen molar-refractivity contribution in [2.24, 2.45) is 11.8 Å². The Morgan fingerprint density at radius 1 is 1.77 bits per heavy atom. The fourth-order valence-corrected chi connectivity index (χ4v) is 0.982. The summed E-state index contributed by atoms with van der Waals surface area (Å²) in [5.74, 6) is 4.65. The van der Waals surface area contributed by atoms with E-state index in [4.69, 9.17) is 11.1 Å². The van der Waals surface area contributed by atoms with E-state index in [1.807, 2.05) is 18.7 Å². The number of rotatable bonds is 5. The van der Waals surface area contributed by atoms with Crippen LogP contribution in [-0.2, 0) is 4.79 Å². The average Bonchev–Trinajstić information content (AvgIpc) is 2.16. The minimum atomic E-state index is -0.230. The van der Waals surface area contributed by atoms with Crippen LogP contribution in [0.25, 0.3) is 0 Å². The van der Waals surface area contributed by atoms with E-state index in [1.54, 1.807) is 0 Å². The van der Waals surface area contributed by atoms with E-state index in [9.17, 15) is 4.79 Å². The molecule has 0 aromatic heterocycles. The van der Waals surface area contributed by atoms with Crippen molar-refractivity contribution in [1.82, 2.24) is 10.3 Å². The number of nitriles is 1. The highest BCUT2D eigenvalue weighted by Crippen LogP contribution is 1.97. The normalized spacial score (nSPS) is 12.2. The molecule has 1 amide bonds. The van der Waals surface area contributed by atoms with Crippen LogP contribution >= 0.6 is 0 Å². The summed E-state index contributed by atoms with van der Waals surface area (Å²) < 4.78 is 0. The predicted molar refractivity (Wildman–Crippen MR) is 49.2 cm³/mol. The first-order valence-corrected chi connectivity index (χ1v) is 4.25. The Labute approximate surface area is 78.5 Å². The van der Waals surface area contributed by atoms with Crippen molar-refractivity contribution in [1.29, 1.82) is 5.26 Å². The Kier molecular flexibility index (Phi) is 5.85. The molecule has 0 spiro atoms. The summed E-state index contributed by atoms with van der Waals surface area (Å²) >= 11 is 0. The first-order chi connectivity index (χ1) is 6.13. The molecule has 0 aliphatic carbocycles. The number of nitrogens with two attached hydrogens (primary N) is 1. The number of hydrogen-bond donors (Lipinski definition) is 2. The third kappa shape index (κ3) is 5.17. The molecule has 0 fully saturated rings. The molecular formula is C8H16N4O. The predicted octanol–water partition coefficient (Wildman–Crippen LogP) is -0.542. The lowest BCUT2D eigenvalue weighted by Crippen LogP contribution is -2.41. The molecule has 0 aliphatic heterocycles. The van der Waals surface area contributed by atoms with Crippen molar-refractivity contribution < 1.29 is 4.79 Å². The van der Waals surface area contributed by atoms with Gasteiger partial charge < -0.3 is 0 Å². The van der Waals surface area contributed by atoms with E-state index in [0.29, 0.717) is 6.54 Å². The summed E-state index contributed by atoms with van der Waals surface area (Å²) in [5.41, 5.74) is 2.06. The van der Waals surface area contributed by atoms with Gasteiger partial charge in [0.05, 0.1) is 18.5 Å². The fourth-order valence-electron chi connectivity index (χ4n) is 0.982. The highest BCUT2D eigenvalue weighted by atomic mass is 16.2. The van der Waals surface area contributed by atoms with Crippen molar-refractivity contribution in [2.45, 2.75) is 13.8 Å². The Bertz CT molecular complexity index is 199. The number of amides is 1. The van der Waals surface area contributed by atoms with Gasteiger partial charge in [-0.3, -0.25) is 15.1 Å². The molecule has 0 heterocycles. The Morgan fingerprint density at radius 3 is 2.77 bits per heavy atom. The summed E-state index contributed by atoms with van der Waals surface area (Å²) in [6, 6.07) is 2.12. The Balaban J connectivity index is 3.90. The minimum Gasteiger partial charge on any atom is -0.293 e. The van der Waals surface area contributed by atoms with Crippen LogP contribution in [0.15, 0.2) is 0 Å². The van der Waals surface area contributed by atoms with Crippen LogP contribution < -0.4 is 11.3 Å². The van der Waals surface area contributed by atoms with Crippen molar-refractivity contribution in [3.05, 3.63) is 0 Å². The lowest BCUT2D eigenvalue weighted by molar-refractivity contribution is -0.122. The second kappa shape index (κ2) is 6.40. The SMILES string of the molecule is CCN(CC(=O)NN)CC(C)C#N. The first kappa shape index (κ1) is 11.9. The third-order valence-corrected chi connectivity index (χ3v) is 1.73. The third-order valence-electron chi connectivity index (χ3n) is 1.73. The molecule has 0 aliphatic rings. The maximum atomic E-state index is 10.9. The molecule has 74 valence electrons. The molecule has 0 aromatic rings. The molecule has 0 aromatic carbocycles. The molecular weight excluding hydrogens is 168 g/mol. The van der Waals surface area contributed by atoms with Gasteiger partial charge in [-0.2, -0.15) is 5.26 Å². The molecule has 0 saturated carbocycles. The smallest absolute Gasteiger partial charge is 0.248 e. The second-order valence-electron chi connectivity index (χ2n) is 2.93. The summed E-state index contributed by atoms with van der Waals surface area (Å²) in [7, 11) is 0. The van der Waals surface area contributed by atoms with E-state index >= 15 is 0 Å². The Hall–Kier alpha value is -1.12. The fraction of sp³-hybridized carbons (Fsp3) is 0.750. The van der Waals surface area contributed by atoms with Crippen LogP contribution in [0, 0.1) is 17.2 Å². The van der Waals surface area contributed by atoms with Gasteiger partial charge in [0.1, 0.15) is 0 Å². The van der Waals surface area contributed by atoms with E-state index in [2.05, 4.69) is 11.5 Å². The molecule has 3 N–H and O–H groups in total. The number of nitrogens with zero attached hydrogens (tertiary/aromatic N) is 2. The van der Waals surface area contributed by atoms with Gasteiger partial charge >= 0.3 is 0 Å². The van der Waals surface area contributed by atoms with Crippen LogP contribution in [0.1, 0.15) is 13.8 Å². The van der Waals surface area contributed by atoms with Crippen LogP contribution in [0.5, 0.6) is 0 Å². The zero-order valence-corrected chi connectivity index (χ0v) is 8.08. The van der Waals surface area contributed by atoms with Gasteiger partial charge in [-0.25, -0.2) is 5.84 Å². The van der Waals surface area contributed by atoms with Crippen LogP contribution in [0.2, 0.25) is 0 Å². The van der Waals surface area contributed by atoms with Crippen LogP contribution in [-0.4, -0.2) is 30.4 Å². The summed E-state index contributed by atoms with van der Waals surface area (Å²) in [6.07, 6.45) is 0. The second-order valence-corrected chi connectivity index (χ2v) is 2.93. The summed E-state index contributed by atoms with van der Waals surface area (Å²) in [5, 5.41) is 8.57. The number of carbonyl (C=O) groups is 1. The highest BCUT2D eigenvalue weighted by molar-refractivity contribution is 5.77. The molecule has 5 heteroatoms. The van der Waals surface area contributed by atoms with E-state index in [0.717, 1.165) is 6.54 Å². The van der Waals surface area contributed by atoms with Gasteiger partial charge in [0.25, 0.3) is 0 Å². The first-order valence-electron chi connectivity index (χ1n) is 4.25. The standard InChI is InChI=1S/C8H16N4O/c1-3-12(5-7(2)4-9)6-8(13)11-10/h7H,3,5-6,10H2,1-2H3,(H,11,13). The molecule has 1 unspecified atom stereocenters. The number of carbonyl (C=O) groups excluding carboxylic acids is 1. The zero-order valence-electron chi connectivity index (χ0n) is 8.08. The number of likely N-dealkylation sites (N-methyl/N-ethyl adjacent to an activating group) is 1. The van der Waals surface area contributed by atoms with Crippen LogP contribution in [0.3, 0.4) is 0 Å². The maximum Gasteiger partial charge on any atom is 0.248 e. The van der Waals surface area contributed by atoms with Crippen molar-refractivity contribution >= 4 is 5.91 Å². The van der Waals surface area contributed by atoms with E-state index in [-0.39, 0.29) is 18.4 Å². The van der Waals surface area contributed by atoms with Crippen molar-refractivity contribution in [2.75, 3.05) is 19.6 Å². The van der Waals surface area contributed by atoms with Gasteiger partial charge in [-0.05, 0) is 13.5 Å². The Morgan fingerprint density at radius 2 is 2.38 bits per heavy atom. The molecule has 0 radical (unpaired) electrons. The van der Waals surface area contributed by atoms with Gasteiger partial charge in [0.15, 0.2) is 0 Å². The number of hydrazine groups is 1. The lowest BCUT2D eigenvalue weighted by Gasteiger charge is -2.19. The van der Waals surface area contributed by atoms with Gasteiger partial charge in [-0.15, -0.1) is 0 Å². The number of hydrogen-bond acceptors (Lipinski definition) is 4. The molecule has 5 nitrogen and oxygen atoms in total. The zero-order chi connectivity index (χ0) is 10.3. The van der Waals surface area contributed by atoms with Crippen LogP contribution in [0.4, 0.5) is 0 Å². The maximum absolute atomic E-state index is 10.9. The van der Waals surface area contributed by atoms with Gasteiger partial charge in [0, 0.05) is 6.54 Å². The molecule has 0 bridgehead atoms. The summed E-state index contributed by atoms with van der Waals surface area (Å²) in [4.78, 5) is 12.8.